The molecule has 0 amide bonds. The number of para-hydroxylation sites is 1. The Morgan fingerprint density at radius 1 is 0.905 bits per heavy atom. The van der Waals surface area contributed by atoms with E-state index in [9.17, 15) is 0 Å². The molecule has 21 heavy (non-hydrogen) atoms. The Kier molecular flexibility index (Phi) is 3.58. The normalized spacial score (nSPS) is 12.0. The molecule has 0 aliphatic carbocycles. The second-order valence-electron chi connectivity index (χ2n) is 6.50. The lowest BCUT2D eigenvalue weighted by molar-refractivity contribution is 0.590. The fourth-order valence-corrected chi connectivity index (χ4v) is 3.52. The fraction of sp³-hybridized carbons (Fsp3) is 0.263. The molecule has 0 aliphatic heterocycles. The third kappa shape index (κ3) is 2.86. The molecule has 0 unspecified atom stereocenters. The van der Waals surface area contributed by atoms with E-state index in [4.69, 9.17) is 0 Å². The lowest BCUT2D eigenvalue weighted by atomic mass is 9.87. The number of fused-ring (bicyclic) bond motifs is 1. The minimum atomic E-state index is 0.208. The quantitative estimate of drug-likeness (QED) is 0.620. The number of aryl methyl sites for hydroxylation is 1. The van der Waals surface area contributed by atoms with Crippen LogP contribution in [0.4, 0.5) is 0 Å². The third-order valence-electron chi connectivity index (χ3n) is 3.77. The number of H-pyrrole nitrogens is 1. The van der Waals surface area contributed by atoms with Gasteiger partial charge >= 0.3 is 0 Å². The van der Waals surface area contributed by atoms with Gasteiger partial charge in [0.05, 0.1) is 0 Å². The molecular weight excluding hydrogens is 274 g/mol. The minimum Gasteiger partial charge on any atom is -0.358 e. The zero-order valence-electron chi connectivity index (χ0n) is 13.0. The highest BCUT2D eigenvalue weighted by Gasteiger charge is 2.14. The van der Waals surface area contributed by atoms with E-state index in [-0.39, 0.29) is 5.41 Å². The van der Waals surface area contributed by atoms with Crippen LogP contribution in [0.2, 0.25) is 0 Å². The van der Waals surface area contributed by atoms with Crippen LogP contribution in [0.3, 0.4) is 0 Å². The molecular formula is C19H21NS. The van der Waals surface area contributed by atoms with Crippen molar-refractivity contribution < 1.29 is 0 Å². The van der Waals surface area contributed by atoms with Crippen LogP contribution in [-0.2, 0) is 5.41 Å². The lowest BCUT2D eigenvalue weighted by Crippen LogP contribution is -2.10. The summed E-state index contributed by atoms with van der Waals surface area (Å²) in [5.41, 5.74) is 4.03. The van der Waals surface area contributed by atoms with E-state index in [0.29, 0.717) is 0 Å². The largest absolute Gasteiger partial charge is 0.358 e. The minimum absolute atomic E-state index is 0.208. The third-order valence-corrected chi connectivity index (χ3v) is 5.01. The van der Waals surface area contributed by atoms with Gasteiger partial charge in [0, 0.05) is 26.4 Å². The summed E-state index contributed by atoms with van der Waals surface area (Å²) in [5.74, 6) is 0. The SMILES string of the molecule is Cc1[nH]c2ccccc2c1Sc1ccc(C(C)(C)C)cc1. The maximum Gasteiger partial charge on any atom is 0.0467 e. The molecule has 1 nitrogen and oxygen atoms in total. The van der Waals surface area contributed by atoms with Crippen molar-refractivity contribution in [3.05, 3.63) is 59.8 Å². The highest BCUT2D eigenvalue weighted by molar-refractivity contribution is 7.99. The van der Waals surface area contributed by atoms with Crippen LogP contribution in [0.1, 0.15) is 32.0 Å². The van der Waals surface area contributed by atoms with Crippen molar-refractivity contribution in [2.45, 2.75) is 42.9 Å². The van der Waals surface area contributed by atoms with E-state index in [2.05, 4.69) is 81.2 Å². The van der Waals surface area contributed by atoms with Gasteiger partial charge in [-0.2, -0.15) is 0 Å². The molecule has 3 rings (SSSR count). The first-order valence-corrected chi connectivity index (χ1v) is 8.12. The summed E-state index contributed by atoms with van der Waals surface area (Å²) in [6.07, 6.45) is 0. The summed E-state index contributed by atoms with van der Waals surface area (Å²) in [4.78, 5) is 6.08. The molecule has 0 radical (unpaired) electrons. The van der Waals surface area contributed by atoms with Crippen LogP contribution in [0.25, 0.3) is 10.9 Å². The van der Waals surface area contributed by atoms with E-state index < -0.39 is 0 Å². The lowest BCUT2D eigenvalue weighted by Gasteiger charge is -2.19. The first-order chi connectivity index (χ1) is 9.95. The monoisotopic (exact) mass is 295 g/mol. The van der Waals surface area contributed by atoms with E-state index in [1.807, 2.05) is 11.8 Å². The number of hydrogen-bond acceptors (Lipinski definition) is 1. The molecule has 3 aromatic rings. The van der Waals surface area contributed by atoms with E-state index >= 15 is 0 Å². The van der Waals surface area contributed by atoms with Crippen molar-refractivity contribution in [2.75, 3.05) is 0 Å². The Hall–Kier alpha value is -1.67. The summed E-state index contributed by atoms with van der Waals surface area (Å²) in [5, 5.41) is 1.31. The molecule has 0 spiro atoms. The summed E-state index contributed by atoms with van der Waals surface area (Å²) in [6, 6.07) is 17.4. The van der Waals surface area contributed by atoms with Crippen molar-refractivity contribution in [3.63, 3.8) is 0 Å². The molecule has 0 aliphatic rings. The number of aromatic amines is 1. The van der Waals surface area contributed by atoms with Crippen molar-refractivity contribution >= 4 is 22.7 Å². The Balaban J connectivity index is 1.94. The second kappa shape index (κ2) is 5.27. The molecule has 0 saturated heterocycles. The van der Waals surface area contributed by atoms with Gasteiger partial charge in [-0.3, -0.25) is 0 Å². The molecule has 1 heterocycles. The molecule has 1 N–H and O–H groups in total. The summed E-state index contributed by atoms with van der Waals surface area (Å²) in [6.45, 7) is 8.89. The van der Waals surface area contributed by atoms with Gasteiger partial charge in [-0.25, -0.2) is 0 Å². The first kappa shape index (κ1) is 14.3. The number of hydrogen-bond donors (Lipinski definition) is 1. The topological polar surface area (TPSA) is 15.8 Å². The van der Waals surface area contributed by atoms with E-state index in [0.717, 1.165) is 0 Å². The van der Waals surface area contributed by atoms with Crippen LogP contribution in [0.5, 0.6) is 0 Å². The zero-order chi connectivity index (χ0) is 15.0. The average Bonchev–Trinajstić information content (AvgIpc) is 2.75. The Bertz CT molecular complexity index is 760. The van der Waals surface area contributed by atoms with Crippen molar-refractivity contribution in [2.24, 2.45) is 0 Å². The molecule has 1 aromatic heterocycles. The van der Waals surface area contributed by atoms with Gasteiger partial charge < -0.3 is 4.98 Å². The molecule has 0 bridgehead atoms. The Morgan fingerprint density at radius 2 is 1.57 bits per heavy atom. The summed E-state index contributed by atoms with van der Waals surface area (Å²) in [7, 11) is 0. The molecule has 0 fully saturated rings. The van der Waals surface area contributed by atoms with E-state index in [1.54, 1.807) is 0 Å². The van der Waals surface area contributed by atoms with Gasteiger partial charge in [0.2, 0.25) is 0 Å². The zero-order valence-corrected chi connectivity index (χ0v) is 13.8. The van der Waals surface area contributed by atoms with E-state index in [1.165, 1.54) is 32.0 Å². The van der Waals surface area contributed by atoms with Gasteiger partial charge in [-0.15, -0.1) is 0 Å². The van der Waals surface area contributed by atoms with Crippen molar-refractivity contribution in [3.8, 4) is 0 Å². The number of benzene rings is 2. The number of rotatable bonds is 2. The summed E-state index contributed by atoms with van der Waals surface area (Å²) >= 11 is 1.84. The van der Waals surface area contributed by atoms with Gasteiger partial charge in [0.1, 0.15) is 0 Å². The molecule has 0 saturated carbocycles. The number of nitrogens with one attached hydrogen (secondary N) is 1. The molecule has 2 heteroatoms. The van der Waals surface area contributed by atoms with Gasteiger partial charge in [-0.05, 0) is 36.1 Å². The first-order valence-electron chi connectivity index (χ1n) is 7.31. The van der Waals surface area contributed by atoms with Crippen molar-refractivity contribution in [1.82, 2.24) is 4.98 Å². The Morgan fingerprint density at radius 3 is 2.24 bits per heavy atom. The maximum absolute atomic E-state index is 3.46. The highest BCUT2D eigenvalue weighted by Crippen LogP contribution is 2.37. The highest BCUT2D eigenvalue weighted by atomic mass is 32.2. The van der Waals surface area contributed by atoms with Crippen LogP contribution in [0.15, 0.2) is 58.3 Å². The van der Waals surface area contributed by atoms with Gasteiger partial charge in [0.25, 0.3) is 0 Å². The van der Waals surface area contributed by atoms with Crippen LogP contribution in [-0.4, -0.2) is 4.98 Å². The van der Waals surface area contributed by atoms with Crippen LogP contribution in [0, 0.1) is 6.92 Å². The van der Waals surface area contributed by atoms with Crippen LogP contribution >= 0.6 is 11.8 Å². The molecule has 0 atom stereocenters. The number of aromatic nitrogens is 1. The van der Waals surface area contributed by atoms with Crippen LogP contribution < -0.4 is 0 Å². The predicted molar refractivity (Wildman–Crippen MR) is 92.3 cm³/mol. The van der Waals surface area contributed by atoms with Crippen molar-refractivity contribution in [1.29, 1.82) is 0 Å². The maximum atomic E-state index is 3.46. The molecule has 108 valence electrons. The molecule has 2 aromatic carbocycles. The Labute approximate surface area is 130 Å². The smallest absolute Gasteiger partial charge is 0.0467 e. The average molecular weight is 295 g/mol. The predicted octanol–water partition coefficient (Wildman–Crippen LogP) is 5.93. The van der Waals surface area contributed by atoms with Gasteiger partial charge in [-0.1, -0.05) is 62.9 Å². The second-order valence-corrected chi connectivity index (χ2v) is 7.58. The van der Waals surface area contributed by atoms with Gasteiger partial charge in [0.15, 0.2) is 0 Å². The summed E-state index contributed by atoms with van der Waals surface area (Å²) < 4.78 is 0. The fourth-order valence-electron chi connectivity index (χ4n) is 2.52. The standard InChI is InChI=1S/C19H21NS/c1-13-18(16-7-5-6-8-17(16)20-13)21-15-11-9-14(10-12-15)19(2,3)4/h5-12,20H,1-4H3.